The van der Waals surface area contributed by atoms with Gasteiger partial charge >= 0.3 is 0 Å². The summed E-state index contributed by atoms with van der Waals surface area (Å²) in [4.78, 5) is 8.21. The SMILES string of the molecule is Cc1[nH]c(SCCS(=O)(=O)c2ccc(Br)cc2)nc1Cc1ccccc1. The van der Waals surface area contributed by atoms with Crippen LogP contribution in [-0.2, 0) is 16.3 Å². The van der Waals surface area contributed by atoms with Crippen LogP contribution in [0.2, 0.25) is 0 Å². The predicted octanol–water partition coefficient (Wildman–Crippen LogP) is 4.64. The lowest BCUT2D eigenvalue weighted by atomic mass is 10.1. The lowest BCUT2D eigenvalue weighted by Gasteiger charge is -2.03. The number of imidazole rings is 1. The topological polar surface area (TPSA) is 62.8 Å². The molecule has 3 rings (SSSR count). The maximum atomic E-state index is 12.4. The Bertz CT molecular complexity index is 969. The van der Waals surface area contributed by atoms with E-state index in [0.717, 1.165) is 27.4 Å². The Morgan fingerprint density at radius 3 is 2.46 bits per heavy atom. The summed E-state index contributed by atoms with van der Waals surface area (Å²) in [5.41, 5.74) is 3.22. The van der Waals surface area contributed by atoms with Crippen LogP contribution in [0, 0.1) is 6.92 Å². The Hall–Kier alpha value is -1.57. The third kappa shape index (κ3) is 4.99. The average Bonchev–Trinajstić information content (AvgIpc) is 2.95. The van der Waals surface area contributed by atoms with E-state index < -0.39 is 9.84 Å². The number of hydrogen-bond donors (Lipinski definition) is 1. The minimum absolute atomic E-state index is 0.0765. The number of thioether (sulfide) groups is 1. The van der Waals surface area contributed by atoms with Crippen LogP contribution >= 0.6 is 27.7 Å². The van der Waals surface area contributed by atoms with Gasteiger partial charge in [0.05, 0.1) is 16.3 Å². The number of sulfone groups is 1. The minimum Gasteiger partial charge on any atom is -0.337 e. The Morgan fingerprint density at radius 1 is 1.08 bits per heavy atom. The second kappa shape index (κ2) is 8.41. The molecule has 0 spiro atoms. The fourth-order valence-corrected chi connectivity index (χ4v) is 5.36. The second-order valence-electron chi connectivity index (χ2n) is 5.90. The maximum Gasteiger partial charge on any atom is 0.179 e. The zero-order valence-electron chi connectivity index (χ0n) is 14.3. The highest BCUT2D eigenvalue weighted by atomic mass is 79.9. The van der Waals surface area contributed by atoms with E-state index in [1.165, 1.54) is 17.3 Å². The van der Waals surface area contributed by atoms with Gasteiger partial charge in [-0.15, -0.1) is 0 Å². The van der Waals surface area contributed by atoms with Crippen molar-refractivity contribution in [2.45, 2.75) is 23.4 Å². The summed E-state index contributed by atoms with van der Waals surface area (Å²) in [6.07, 6.45) is 0.765. The number of benzene rings is 2. The van der Waals surface area contributed by atoms with Crippen LogP contribution in [0.25, 0.3) is 0 Å². The number of halogens is 1. The molecule has 0 saturated carbocycles. The van der Waals surface area contributed by atoms with Crippen molar-refractivity contribution in [2.24, 2.45) is 0 Å². The molecule has 0 aliphatic rings. The van der Waals surface area contributed by atoms with Crippen LogP contribution < -0.4 is 0 Å². The highest BCUT2D eigenvalue weighted by Gasteiger charge is 2.15. The minimum atomic E-state index is -3.28. The summed E-state index contributed by atoms with van der Waals surface area (Å²) in [5.74, 6) is 0.531. The van der Waals surface area contributed by atoms with Crippen LogP contribution in [0.1, 0.15) is 17.0 Å². The molecule has 1 aromatic heterocycles. The number of aromatic nitrogens is 2. The van der Waals surface area contributed by atoms with Gasteiger partial charge in [-0.3, -0.25) is 0 Å². The molecule has 1 N–H and O–H groups in total. The van der Waals surface area contributed by atoms with E-state index in [4.69, 9.17) is 0 Å². The highest BCUT2D eigenvalue weighted by molar-refractivity contribution is 9.10. The molecule has 0 atom stereocenters. The van der Waals surface area contributed by atoms with Crippen LogP contribution in [0.3, 0.4) is 0 Å². The van der Waals surface area contributed by atoms with Crippen molar-refractivity contribution in [3.8, 4) is 0 Å². The monoisotopic (exact) mass is 450 g/mol. The number of nitrogens with one attached hydrogen (secondary N) is 1. The number of rotatable bonds is 7. The number of aryl methyl sites for hydroxylation is 1. The molecule has 0 fully saturated rings. The molecular weight excluding hydrogens is 432 g/mol. The molecule has 7 heteroatoms. The normalized spacial score (nSPS) is 11.6. The molecule has 0 amide bonds. The molecule has 0 saturated heterocycles. The van der Waals surface area contributed by atoms with E-state index in [9.17, 15) is 8.42 Å². The first-order valence-corrected chi connectivity index (χ1v) is 11.6. The molecule has 2 aromatic carbocycles. The largest absolute Gasteiger partial charge is 0.337 e. The van der Waals surface area contributed by atoms with Gasteiger partial charge in [-0.1, -0.05) is 58.0 Å². The Kier molecular flexibility index (Phi) is 6.21. The molecule has 1 heterocycles. The van der Waals surface area contributed by atoms with E-state index in [2.05, 4.69) is 38.0 Å². The van der Waals surface area contributed by atoms with Crippen LogP contribution in [0.15, 0.2) is 69.1 Å². The number of aromatic amines is 1. The van der Waals surface area contributed by atoms with Gasteiger partial charge in [0.2, 0.25) is 0 Å². The standard InChI is InChI=1S/C19H19BrN2O2S2/c1-14-18(13-15-5-3-2-4-6-15)22-19(21-14)25-11-12-26(23,24)17-9-7-16(20)8-10-17/h2-10H,11-13H2,1H3,(H,21,22). The van der Waals surface area contributed by atoms with Gasteiger partial charge in [-0.05, 0) is 36.8 Å². The third-order valence-corrected chi connectivity index (χ3v) is 7.34. The number of H-pyrrole nitrogens is 1. The molecule has 26 heavy (non-hydrogen) atoms. The van der Waals surface area contributed by atoms with Crippen molar-refractivity contribution >= 4 is 37.5 Å². The molecule has 4 nitrogen and oxygen atoms in total. The highest BCUT2D eigenvalue weighted by Crippen LogP contribution is 2.21. The summed E-state index contributed by atoms with van der Waals surface area (Å²) >= 11 is 4.75. The third-order valence-electron chi connectivity index (χ3n) is 3.94. The quantitative estimate of drug-likeness (QED) is 0.532. The van der Waals surface area contributed by atoms with Gasteiger partial charge in [-0.2, -0.15) is 0 Å². The summed E-state index contributed by atoms with van der Waals surface area (Å²) in [6.45, 7) is 1.99. The summed E-state index contributed by atoms with van der Waals surface area (Å²) in [7, 11) is -3.28. The van der Waals surface area contributed by atoms with Crippen molar-refractivity contribution in [2.75, 3.05) is 11.5 Å². The second-order valence-corrected chi connectivity index (χ2v) is 10.0. The number of hydrogen-bond acceptors (Lipinski definition) is 4. The Balaban J connectivity index is 1.60. The molecule has 136 valence electrons. The van der Waals surface area contributed by atoms with E-state index in [-0.39, 0.29) is 5.75 Å². The molecule has 0 radical (unpaired) electrons. The molecule has 0 unspecified atom stereocenters. The molecular formula is C19H19BrN2O2S2. The van der Waals surface area contributed by atoms with E-state index in [0.29, 0.717) is 10.6 Å². The van der Waals surface area contributed by atoms with Crippen molar-refractivity contribution in [3.05, 3.63) is 76.0 Å². The zero-order chi connectivity index (χ0) is 18.6. The fraction of sp³-hybridized carbons (Fsp3) is 0.211. The first-order chi connectivity index (χ1) is 12.4. The van der Waals surface area contributed by atoms with Crippen molar-refractivity contribution < 1.29 is 8.42 Å². The van der Waals surface area contributed by atoms with Gasteiger partial charge in [-0.25, -0.2) is 13.4 Å². The molecule has 0 aliphatic heterocycles. The maximum absolute atomic E-state index is 12.4. The van der Waals surface area contributed by atoms with E-state index >= 15 is 0 Å². The first kappa shape index (κ1) is 19.2. The summed E-state index contributed by atoms with van der Waals surface area (Å²) in [6, 6.07) is 16.9. The molecule has 0 bridgehead atoms. The van der Waals surface area contributed by atoms with E-state index in [1.54, 1.807) is 24.3 Å². The molecule has 3 aromatic rings. The number of nitrogens with zero attached hydrogens (tertiary/aromatic N) is 1. The first-order valence-electron chi connectivity index (χ1n) is 8.14. The Labute approximate surface area is 166 Å². The lowest BCUT2D eigenvalue weighted by molar-refractivity contribution is 0.597. The molecule has 0 aliphatic carbocycles. The zero-order valence-corrected chi connectivity index (χ0v) is 17.5. The van der Waals surface area contributed by atoms with Gasteiger partial charge in [0, 0.05) is 22.3 Å². The summed E-state index contributed by atoms with van der Waals surface area (Å²) in [5, 5.41) is 0.763. The van der Waals surface area contributed by atoms with E-state index in [1.807, 2.05) is 25.1 Å². The van der Waals surface area contributed by atoms with Crippen LogP contribution in [0.4, 0.5) is 0 Å². The summed E-state index contributed by atoms with van der Waals surface area (Å²) < 4.78 is 25.6. The van der Waals surface area contributed by atoms with Crippen LogP contribution in [0.5, 0.6) is 0 Å². The average molecular weight is 451 g/mol. The lowest BCUT2D eigenvalue weighted by Crippen LogP contribution is -2.08. The smallest absolute Gasteiger partial charge is 0.179 e. The van der Waals surface area contributed by atoms with Crippen molar-refractivity contribution in [3.63, 3.8) is 0 Å². The van der Waals surface area contributed by atoms with Crippen LogP contribution in [-0.4, -0.2) is 29.9 Å². The van der Waals surface area contributed by atoms with Crippen molar-refractivity contribution in [1.82, 2.24) is 9.97 Å². The van der Waals surface area contributed by atoms with Gasteiger partial charge in [0.1, 0.15) is 0 Å². The predicted molar refractivity (Wildman–Crippen MR) is 109 cm³/mol. The van der Waals surface area contributed by atoms with Gasteiger partial charge in [0.15, 0.2) is 15.0 Å². The Morgan fingerprint density at radius 2 is 1.77 bits per heavy atom. The fourth-order valence-electron chi connectivity index (χ4n) is 2.50. The van der Waals surface area contributed by atoms with Crippen molar-refractivity contribution in [1.29, 1.82) is 0 Å². The van der Waals surface area contributed by atoms with Gasteiger partial charge in [0.25, 0.3) is 0 Å². The van der Waals surface area contributed by atoms with Gasteiger partial charge < -0.3 is 4.98 Å².